The second-order valence-corrected chi connectivity index (χ2v) is 8.60. The van der Waals surface area contributed by atoms with Crippen LogP contribution >= 0.6 is 0 Å². The smallest absolute Gasteiger partial charge is 0.251 e. The molecule has 1 amide bonds. The first-order chi connectivity index (χ1) is 15.7. The van der Waals surface area contributed by atoms with Crippen molar-refractivity contribution in [1.82, 2.24) is 19.9 Å². The Kier molecular flexibility index (Phi) is 5.81. The van der Waals surface area contributed by atoms with Crippen LogP contribution in [-0.4, -0.2) is 45.4 Å². The van der Waals surface area contributed by atoms with E-state index in [0.717, 1.165) is 56.8 Å². The maximum Gasteiger partial charge on any atom is 0.251 e. The SMILES string of the molecule is O=C1CCCN1c1ccc(CN2CCC(c3cc(=O)[nH]c(-c4ccccn4)n3)CC2)cc1. The van der Waals surface area contributed by atoms with Gasteiger partial charge in [0.2, 0.25) is 5.91 Å². The van der Waals surface area contributed by atoms with Crippen LogP contribution in [0.1, 0.15) is 42.9 Å². The van der Waals surface area contributed by atoms with Gasteiger partial charge in [-0.3, -0.25) is 19.5 Å². The Labute approximate surface area is 187 Å². The maximum atomic E-state index is 12.2. The highest BCUT2D eigenvalue weighted by atomic mass is 16.2. The van der Waals surface area contributed by atoms with E-state index in [2.05, 4.69) is 39.1 Å². The van der Waals surface area contributed by atoms with Gasteiger partial charge < -0.3 is 9.88 Å². The molecule has 32 heavy (non-hydrogen) atoms. The van der Waals surface area contributed by atoms with E-state index in [4.69, 9.17) is 4.98 Å². The summed E-state index contributed by atoms with van der Waals surface area (Å²) in [5.41, 5.74) is 3.66. The Morgan fingerprint density at radius 1 is 1.00 bits per heavy atom. The molecule has 2 aliphatic heterocycles. The van der Waals surface area contributed by atoms with Crippen molar-refractivity contribution >= 4 is 11.6 Å². The predicted molar refractivity (Wildman–Crippen MR) is 123 cm³/mol. The third-order valence-electron chi connectivity index (χ3n) is 6.40. The van der Waals surface area contributed by atoms with Crippen molar-refractivity contribution in [3.8, 4) is 11.5 Å². The van der Waals surface area contributed by atoms with Crippen molar-refractivity contribution in [3.63, 3.8) is 0 Å². The van der Waals surface area contributed by atoms with Gasteiger partial charge in [0.15, 0.2) is 5.82 Å². The second kappa shape index (κ2) is 9.04. The Balaban J connectivity index is 1.21. The van der Waals surface area contributed by atoms with Gasteiger partial charge in [0, 0.05) is 43.4 Å². The number of carbonyl (C=O) groups is 1. The summed E-state index contributed by atoms with van der Waals surface area (Å²) < 4.78 is 0. The predicted octanol–water partition coefficient (Wildman–Crippen LogP) is 3.34. The van der Waals surface area contributed by atoms with Crippen LogP contribution in [-0.2, 0) is 11.3 Å². The Bertz CT molecular complexity index is 1130. The molecule has 2 saturated heterocycles. The number of aromatic nitrogens is 3. The monoisotopic (exact) mass is 429 g/mol. The van der Waals surface area contributed by atoms with Gasteiger partial charge >= 0.3 is 0 Å². The number of rotatable bonds is 5. The summed E-state index contributed by atoms with van der Waals surface area (Å²) in [4.78, 5) is 40.3. The number of H-pyrrole nitrogens is 1. The minimum atomic E-state index is -0.130. The molecular formula is C25H27N5O2. The third-order valence-corrected chi connectivity index (χ3v) is 6.40. The minimum Gasteiger partial charge on any atom is -0.312 e. The molecule has 2 fully saturated rings. The first-order valence-electron chi connectivity index (χ1n) is 11.3. The van der Waals surface area contributed by atoms with Crippen LogP contribution in [0.25, 0.3) is 11.5 Å². The summed E-state index contributed by atoms with van der Waals surface area (Å²) in [6, 6.07) is 15.6. The summed E-state index contributed by atoms with van der Waals surface area (Å²) >= 11 is 0. The normalized spacial score (nSPS) is 17.8. The maximum absolute atomic E-state index is 12.2. The van der Waals surface area contributed by atoms with E-state index >= 15 is 0 Å². The molecule has 2 aromatic heterocycles. The number of nitrogens with one attached hydrogen (secondary N) is 1. The molecule has 0 radical (unpaired) electrons. The highest BCUT2D eigenvalue weighted by Crippen LogP contribution is 2.28. The Morgan fingerprint density at radius 2 is 1.81 bits per heavy atom. The number of piperidine rings is 1. The lowest BCUT2D eigenvalue weighted by Crippen LogP contribution is -2.33. The number of benzene rings is 1. The molecule has 1 N–H and O–H groups in total. The van der Waals surface area contributed by atoms with E-state index in [1.165, 1.54) is 5.56 Å². The summed E-state index contributed by atoms with van der Waals surface area (Å²) in [6.07, 6.45) is 5.25. The van der Waals surface area contributed by atoms with E-state index in [1.807, 2.05) is 23.1 Å². The number of amides is 1. The highest BCUT2D eigenvalue weighted by molar-refractivity contribution is 5.95. The number of likely N-dealkylation sites (tertiary alicyclic amines) is 1. The number of aromatic amines is 1. The molecule has 5 rings (SSSR count). The van der Waals surface area contributed by atoms with E-state index < -0.39 is 0 Å². The molecule has 7 heteroatoms. The molecule has 164 valence electrons. The van der Waals surface area contributed by atoms with Gasteiger partial charge in [0.05, 0.1) is 5.69 Å². The van der Waals surface area contributed by atoms with E-state index in [-0.39, 0.29) is 17.4 Å². The van der Waals surface area contributed by atoms with Crippen LogP contribution in [0.2, 0.25) is 0 Å². The molecule has 2 aliphatic rings. The molecular weight excluding hydrogens is 402 g/mol. The van der Waals surface area contributed by atoms with Crippen molar-refractivity contribution in [1.29, 1.82) is 0 Å². The molecule has 0 saturated carbocycles. The summed E-state index contributed by atoms with van der Waals surface area (Å²) in [6.45, 7) is 3.64. The lowest BCUT2D eigenvalue weighted by atomic mass is 9.93. The number of carbonyl (C=O) groups excluding carboxylic acids is 1. The fourth-order valence-corrected chi connectivity index (χ4v) is 4.66. The van der Waals surface area contributed by atoms with E-state index in [9.17, 15) is 9.59 Å². The molecule has 1 aromatic carbocycles. The molecule has 4 heterocycles. The van der Waals surface area contributed by atoms with Crippen LogP contribution in [0.15, 0.2) is 59.5 Å². The average Bonchev–Trinajstić information content (AvgIpc) is 3.26. The van der Waals surface area contributed by atoms with Gasteiger partial charge in [-0.2, -0.15) is 0 Å². The van der Waals surface area contributed by atoms with Crippen molar-refractivity contribution in [2.75, 3.05) is 24.5 Å². The Hall–Kier alpha value is -3.32. The zero-order chi connectivity index (χ0) is 21.9. The van der Waals surface area contributed by atoms with Gasteiger partial charge in [-0.25, -0.2) is 4.98 Å². The number of pyridine rings is 1. The van der Waals surface area contributed by atoms with Crippen LogP contribution in [0, 0.1) is 0 Å². The molecule has 7 nitrogen and oxygen atoms in total. The Morgan fingerprint density at radius 3 is 2.50 bits per heavy atom. The fourth-order valence-electron chi connectivity index (χ4n) is 4.66. The standard InChI is InChI=1S/C25H27N5O2/c31-23-16-22(27-25(28-23)21-4-1-2-12-26-21)19-10-14-29(15-11-19)17-18-6-8-20(9-7-18)30-13-3-5-24(30)32/h1-2,4,6-9,12,16,19H,3,5,10-11,13-15,17H2,(H,27,28,31). The molecule has 3 aromatic rings. The van der Waals surface area contributed by atoms with Gasteiger partial charge in [-0.1, -0.05) is 18.2 Å². The number of hydrogen-bond donors (Lipinski definition) is 1. The molecule has 0 bridgehead atoms. The summed E-state index contributed by atoms with van der Waals surface area (Å²) in [5, 5.41) is 0. The molecule has 0 unspecified atom stereocenters. The van der Waals surface area contributed by atoms with Crippen molar-refractivity contribution in [2.24, 2.45) is 0 Å². The first kappa shape index (κ1) is 20.6. The third kappa shape index (κ3) is 4.48. The van der Waals surface area contributed by atoms with Gasteiger partial charge in [0.25, 0.3) is 5.56 Å². The average molecular weight is 430 g/mol. The topological polar surface area (TPSA) is 82.2 Å². The summed E-state index contributed by atoms with van der Waals surface area (Å²) in [5.74, 6) is 1.03. The number of nitrogens with zero attached hydrogens (tertiary/aromatic N) is 4. The van der Waals surface area contributed by atoms with Crippen LogP contribution in [0.4, 0.5) is 5.69 Å². The first-order valence-corrected chi connectivity index (χ1v) is 11.3. The zero-order valence-corrected chi connectivity index (χ0v) is 18.0. The number of hydrogen-bond acceptors (Lipinski definition) is 5. The van der Waals surface area contributed by atoms with Crippen molar-refractivity contribution < 1.29 is 4.79 Å². The van der Waals surface area contributed by atoms with E-state index in [1.54, 1.807) is 12.3 Å². The van der Waals surface area contributed by atoms with Crippen molar-refractivity contribution in [3.05, 3.63) is 76.3 Å². The quantitative estimate of drug-likeness (QED) is 0.673. The van der Waals surface area contributed by atoms with Gasteiger partial charge in [0.1, 0.15) is 5.69 Å². The minimum absolute atomic E-state index is 0.130. The van der Waals surface area contributed by atoms with Crippen LogP contribution in [0.5, 0.6) is 0 Å². The van der Waals surface area contributed by atoms with Crippen LogP contribution < -0.4 is 10.5 Å². The highest BCUT2D eigenvalue weighted by Gasteiger charge is 2.24. The lowest BCUT2D eigenvalue weighted by molar-refractivity contribution is -0.117. The van der Waals surface area contributed by atoms with E-state index in [0.29, 0.717) is 17.9 Å². The van der Waals surface area contributed by atoms with Gasteiger partial charge in [-0.15, -0.1) is 0 Å². The number of anilines is 1. The molecule has 0 aliphatic carbocycles. The van der Waals surface area contributed by atoms with Crippen molar-refractivity contribution in [2.45, 2.75) is 38.1 Å². The van der Waals surface area contributed by atoms with Crippen LogP contribution in [0.3, 0.4) is 0 Å². The fraction of sp³-hybridized carbons (Fsp3) is 0.360. The molecule has 0 atom stereocenters. The van der Waals surface area contributed by atoms with Gasteiger partial charge in [-0.05, 0) is 62.2 Å². The second-order valence-electron chi connectivity index (χ2n) is 8.60. The lowest BCUT2D eigenvalue weighted by Gasteiger charge is -2.31. The zero-order valence-electron chi connectivity index (χ0n) is 18.0. The summed E-state index contributed by atoms with van der Waals surface area (Å²) in [7, 11) is 0. The largest absolute Gasteiger partial charge is 0.312 e. The molecule has 0 spiro atoms.